The van der Waals surface area contributed by atoms with Gasteiger partial charge in [0.25, 0.3) is 0 Å². The minimum atomic E-state index is -1.37. The Kier molecular flexibility index (Phi) is 14.3. The summed E-state index contributed by atoms with van der Waals surface area (Å²) in [6, 6.07) is 12.0. The predicted octanol–water partition coefficient (Wildman–Crippen LogP) is 7.59. The minimum Gasteiger partial charge on any atom is -0.459 e. The fourth-order valence-electron chi connectivity index (χ4n) is 8.18. The largest absolute Gasteiger partial charge is 0.459 e. The number of nitrogens with zero attached hydrogens (tertiary/aromatic N) is 2. The van der Waals surface area contributed by atoms with Crippen molar-refractivity contribution in [3.63, 3.8) is 0 Å². The third-order valence-corrected chi connectivity index (χ3v) is 10.5. The van der Waals surface area contributed by atoms with Crippen molar-refractivity contribution in [2.45, 2.75) is 76.0 Å². The van der Waals surface area contributed by atoms with Gasteiger partial charge in [0.1, 0.15) is 36.2 Å². The zero-order valence-electron chi connectivity index (χ0n) is 31.0. The smallest absolute Gasteiger partial charge is 0.409 e. The van der Waals surface area contributed by atoms with Gasteiger partial charge in [-0.05, 0) is 86.8 Å². The van der Waals surface area contributed by atoms with E-state index in [0.717, 1.165) is 43.1 Å². The lowest BCUT2D eigenvalue weighted by Gasteiger charge is -2.59. The molecule has 1 amide bonds. The topological polar surface area (TPSA) is 136 Å². The predicted molar refractivity (Wildman–Crippen MR) is 202 cm³/mol. The molecule has 5 rings (SSSR count). The number of aliphatic hydroxyl groups excluding tert-OH is 2. The van der Waals surface area contributed by atoms with Crippen molar-refractivity contribution < 1.29 is 43.6 Å². The lowest BCUT2D eigenvalue weighted by atomic mass is 9.55. The first-order chi connectivity index (χ1) is 25.8. The molecule has 2 aromatic rings. The monoisotopic (exact) mass is 730 g/mol. The number of fused-ring (bicyclic) bond motifs is 2. The first-order valence-electron chi connectivity index (χ1n) is 18.8. The molecule has 286 valence electrons. The maximum absolute atomic E-state index is 13.7. The Hall–Kier alpha value is -4.45. The SMILES string of the molecule is C=CCCOC(=O)N(C)[C@H]1CC(=NOCC)C2=C[C@H](CCCCO)[C@@H](CCCCO)[C@@H]3c4cc(Oc5cccc(C=O)c5)ccc4O[C@@]1(OCC=C)[C@H]23. The molecule has 2 aliphatic carbocycles. The molecular formula is C42H54N2O9. The van der Waals surface area contributed by atoms with Crippen LogP contribution in [0.25, 0.3) is 0 Å². The lowest BCUT2D eigenvalue weighted by molar-refractivity contribution is -0.253. The van der Waals surface area contributed by atoms with E-state index in [1.54, 1.807) is 48.4 Å². The van der Waals surface area contributed by atoms with Crippen LogP contribution in [0.15, 0.2) is 84.6 Å². The Bertz CT molecular complexity index is 1640. The second-order valence-corrected chi connectivity index (χ2v) is 13.8. The van der Waals surface area contributed by atoms with Crippen molar-refractivity contribution in [1.29, 1.82) is 0 Å². The van der Waals surface area contributed by atoms with E-state index < -0.39 is 23.8 Å². The zero-order chi connectivity index (χ0) is 37.8. The molecular weight excluding hydrogens is 676 g/mol. The third-order valence-electron chi connectivity index (χ3n) is 10.5. The van der Waals surface area contributed by atoms with Gasteiger partial charge in [0.15, 0.2) is 0 Å². The summed E-state index contributed by atoms with van der Waals surface area (Å²) in [5.41, 5.74) is 3.09. The number of benzene rings is 2. The summed E-state index contributed by atoms with van der Waals surface area (Å²) in [5.74, 6) is -0.149. The summed E-state index contributed by atoms with van der Waals surface area (Å²) >= 11 is 0. The molecule has 0 spiro atoms. The normalized spacial score (nSPS) is 24.9. The molecule has 2 aromatic carbocycles. The van der Waals surface area contributed by atoms with Crippen molar-refractivity contribution >= 4 is 18.1 Å². The van der Waals surface area contributed by atoms with E-state index in [1.165, 1.54) is 0 Å². The molecule has 2 N–H and O–H groups in total. The van der Waals surface area contributed by atoms with E-state index in [-0.39, 0.29) is 50.6 Å². The van der Waals surface area contributed by atoms with Crippen LogP contribution in [0.3, 0.4) is 0 Å². The molecule has 0 saturated heterocycles. The van der Waals surface area contributed by atoms with Crippen molar-refractivity contribution in [3.8, 4) is 17.2 Å². The average molecular weight is 731 g/mol. The van der Waals surface area contributed by atoms with Crippen LogP contribution in [0.5, 0.6) is 17.2 Å². The van der Waals surface area contributed by atoms with Gasteiger partial charge in [-0.25, -0.2) is 4.79 Å². The van der Waals surface area contributed by atoms with Crippen LogP contribution in [0, 0.1) is 17.8 Å². The van der Waals surface area contributed by atoms with Gasteiger partial charge < -0.3 is 38.9 Å². The second-order valence-electron chi connectivity index (χ2n) is 13.8. The second kappa shape index (κ2) is 19.0. The summed E-state index contributed by atoms with van der Waals surface area (Å²) in [6.45, 7) is 10.5. The number of unbranched alkanes of at least 4 members (excludes halogenated alkanes) is 2. The molecule has 6 atom stereocenters. The van der Waals surface area contributed by atoms with Gasteiger partial charge in [-0.2, -0.15) is 0 Å². The van der Waals surface area contributed by atoms with Gasteiger partial charge in [0.2, 0.25) is 5.79 Å². The molecule has 1 heterocycles. The quantitative estimate of drug-likeness (QED) is 0.0611. The number of aliphatic hydroxyl groups is 2. The van der Waals surface area contributed by atoms with E-state index in [2.05, 4.69) is 24.4 Å². The van der Waals surface area contributed by atoms with Gasteiger partial charge in [0, 0.05) is 43.7 Å². The fraction of sp³-hybridized carbons (Fsp3) is 0.500. The van der Waals surface area contributed by atoms with Crippen molar-refractivity contribution in [2.75, 3.05) is 40.1 Å². The molecule has 11 heteroatoms. The number of ether oxygens (including phenoxy) is 4. The van der Waals surface area contributed by atoms with E-state index in [1.807, 2.05) is 25.1 Å². The number of carbonyl (C=O) groups excluding carboxylic acids is 2. The van der Waals surface area contributed by atoms with Gasteiger partial charge in [0.05, 0.1) is 24.8 Å². The standard InChI is InChI=1S/C42H54N2O9/c1-5-8-23-49-41(48)44(4)38-27-36(43-51-7-3)34-25-30(15-9-11-20-45)33(17-10-12-21-46)39-35-26-32(52-31-16-13-14-29(24-31)28-47)18-19-37(35)53-42(38,40(34)39)50-22-6-2/h5-6,13-14,16,18-19,24-26,28,30,33,38-40,45-46H,1-2,7-12,15,17,20-23,27H2,3-4H3/t30-,33+,38-,39+,40+,42+/m0/s1. The van der Waals surface area contributed by atoms with Gasteiger partial charge in [-0.15, -0.1) is 13.2 Å². The number of rotatable bonds is 20. The molecule has 1 saturated carbocycles. The molecule has 0 unspecified atom stereocenters. The molecule has 0 bridgehead atoms. The molecule has 11 nitrogen and oxygen atoms in total. The first kappa shape index (κ1) is 39.8. The van der Waals surface area contributed by atoms with Crippen LogP contribution >= 0.6 is 0 Å². The number of hydrogen-bond donors (Lipinski definition) is 2. The van der Waals surface area contributed by atoms with Crippen molar-refractivity contribution in [3.05, 3.63) is 90.6 Å². The number of hydrogen-bond acceptors (Lipinski definition) is 10. The average Bonchev–Trinajstić information content (AvgIpc) is 3.17. The molecule has 0 radical (unpaired) electrons. The van der Waals surface area contributed by atoms with Crippen LogP contribution in [-0.2, 0) is 14.3 Å². The minimum absolute atomic E-state index is 0.0638. The van der Waals surface area contributed by atoms with Crippen molar-refractivity contribution in [1.82, 2.24) is 4.90 Å². The van der Waals surface area contributed by atoms with Gasteiger partial charge in [-0.3, -0.25) is 4.79 Å². The number of likely N-dealkylation sites (N-methyl/N-ethyl adjacent to an activating group) is 1. The molecule has 1 fully saturated rings. The first-order valence-corrected chi connectivity index (χ1v) is 18.8. The molecule has 53 heavy (non-hydrogen) atoms. The number of aldehydes is 1. The van der Waals surface area contributed by atoms with Crippen LogP contribution in [0.4, 0.5) is 4.79 Å². The highest BCUT2D eigenvalue weighted by molar-refractivity contribution is 6.02. The van der Waals surface area contributed by atoms with E-state index in [9.17, 15) is 19.8 Å². The maximum Gasteiger partial charge on any atom is 0.409 e. The van der Waals surface area contributed by atoms with E-state index in [0.29, 0.717) is 54.4 Å². The highest BCUT2D eigenvalue weighted by atomic mass is 16.7. The number of oxime groups is 1. The summed E-state index contributed by atoms with van der Waals surface area (Å²) in [5, 5.41) is 24.2. The highest BCUT2D eigenvalue weighted by Gasteiger charge is 2.65. The summed E-state index contributed by atoms with van der Waals surface area (Å²) < 4.78 is 26.0. The Balaban J connectivity index is 1.73. The highest BCUT2D eigenvalue weighted by Crippen LogP contribution is 2.62. The van der Waals surface area contributed by atoms with Crippen LogP contribution in [-0.4, -0.2) is 85.1 Å². The van der Waals surface area contributed by atoms with E-state index >= 15 is 0 Å². The summed E-state index contributed by atoms with van der Waals surface area (Å²) in [6.07, 6.45) is 11.3. The van der Waals surface area contributed by atoms with E-state index in [4.69, 9.17) is 23.8 Å². The fourth-order valence-corrected chi connectivity index (χ4v) is 8.18. The third kappa shape index (κ3) is 8.86. The summed E-state index contributed by atoms with van der Waals surface area (Å²) in [4.78, 5) is 32.5. The Labute approximate surface area is 312 Å². The van der Waals surface area contributed by atoms with Crippen LogP contribution in [0.1, 0.15) is 80.1 Å². The Morgan fingerprint density at radius 1 is 1.06 bits per heavy atom. The molecule has 3 aliphatic rings. The number of amides is 1. The number of carbonyl (C=O) groups is 2. The van der Waals surface area contributed by atoms with Crippen molar-refractivity contribution in [2.24, 2.45) is 22.9 Å². The van der Waals surface area contributed by atoms with Crippen LogP contribution < -0.4 is 9.47 Å². The maximum atomic E-state index is 13.7. The van der Waals surface area contributed by atoms with Gasteiger partial charge in [-0.1, -0.05) is 48.4 Å². The number of allylic oxidation sites excluding steroid dienone is 1. The zero-order valence-corrected chi connectivity index (χ0v) is 31.0. The lowest BCUT2D eigenvalue weighted by Crippen LogP contribution is -2.69. The molecule has 0 aromatic heterocycles. The summed E-state index contributed by atoms with van der Waals surface area (Å²) in [7, 11) is 1.70. The Morgan fingerprint density at radius 2 is 1.83 bits per heavy atom. The van der Waals surface area contributed by atoms with Gasteiger partial charge >= 0.3 is 6.09 Å². The molecule has 1 aliphatic heterocycles. The Morgan fingerprint density at radius 3 is 2.55 bits per heavy atom. The van der Waals surface area contributed by atoms with Crippen LogP contribution in [0.2, 0.25) is 0 Å².